The Kier molecular flexibility index (Phi) is 4.18. The van der Waals surface area contributed by atoms with Crippen LogP contribution in [0.3, 0.4) is 0 Å². The number of nitrogens with one attached hydrogen (secondary N) is 1. The number of fused-ring (bicyclic) bond motifs is 1. The summed E-state index contributed by atoms with van der Waals surface area (Å²) in [6, 6.07) is 13.1. The Morgan fingerprint density at radius 1 is 1.03 bits per heavy atom. The van der Waals surface area contributed by atoms with Gasteiger partial charge in [0.25, 0.3) is 0 Å². The number of rotatable bonds is 4. The van der Waals surface area contributed by atoms with Gasteiger partial charge in [0.05, 0.1) is 15.6 Å². The number of nitrogens with zero attached hydrogens (tertiary/aromatic N) is 2. The van der Waals surface area contributed by atoms with E-state index in [2.05, 4.69) is 15.3 Å². The highest BCUT2D eigenvalue weighted by molar-refractivity contribution is 7.22. The van der Waals surface area contributed by atoms with Crippen LogP contribution in [0.2, 0.25) is 0 Å². The van der Waals surface area contributed by atoms with Crippen molar-refractivity contribution in [1.82, 2.24) is 9.97 Å². The maximum Gasteiger partial charge on any atom is 0.357 e. The fourth-order valence-electron chi connectivity index (χ4n) is 6.45. The lowest BCUT2D eigenvalue weighted by atomic mass is 9.47. The number of ether oxygens (including phenoxy) is 1. The zero-order chi connectivity index (χ0) is 21.1. The summed E-state index contributed by atoms with van der Waals surface area (Å²) in [5, 5.41) is 3.75. The van der Waals surface area contributed by atoms with Gasteiger partial charge in [0.15, 0.2) is 5.13 Å². The molecule has 6 nitrogen and oxygen atoms in total. The van der Waals surface area contributed by atoms with Crippen LogP contribution in [0, 0.1) is 17.3 Å². The summed E-state index contributed by atoms with van der Waals surface area (Å²) in [5.74, 6) is 0.473. The second-order valence-electron chi connectivity index (χ2n) is 9.47. The summed E-state index contributed by atoms with van der Waals surface area (Å²) in [5.41, 5.74) is 0.163. The predicted molar refractivity (Wildman–Crippen MR) is 118 cm³/mol. The number of hydrogen-bond acceptors (Lipinski definition) is 6. The summed E-state index contributed by atoms with van der Waals surface area (Å²) >= 11 is 1.50. The smallest absolute Gasteiger partial charge is 0.357 e. The van der Waals surface area contributed by atoms with E-state index in [9.17, 15) is 9.59 Å². The Hall–Kier alpha value is -2.80. The fraction of sp³-hybridized carbons (Fsp3) is 0.417. The monoisotopic (exact) mass is 433 g/mol. The van der Waals surface area contributed by atoms with E-state index in [1.807, 2.05) is 24.3 Å². The third kappa shape index (κ3) is 3.22. The molecule has 31 heavy (non-hydrogen) atoms. The van der Waals surface area contributed by atoms with Gasteiger partial charge in [-0.1, -0.05) is 29.5 Å². The van der Waals surface area contributed by atoms with Crippen LogP contribution in [0.5, 0.6) is 0 Å². The molecule has 7 rings (SSSR count). The van der Waals surface area contributed by atoms with Crippen molar-refractivity contribution in [3.05, 3.63) is 54.4 Å². The van der Waals surface area contributed by atoms with E-state index in [-0.39, 0.29) is 11.9 Å². The number of aromatic nitrogens is 2. The number of anilines is 1. The number of benzene rings is 1. The maximum absolute atomic E-state index is 13.5. The Morgan fingerprint density at radius 2 is 1.81 bits per heavy atom. The van der Waals surface area contributed by atoms with Crippen molar-refractivity contribution in [1.29, 1.82) is 0 Å². The molecule has 0 saturated heterocycles. The van der Waals surface area contributed by atoms with Gasteiger partial charge in [0.2, 0.25) is 5.91 Å². The molecule has 1 aromatic carbocycles. The van der Waals surface area contributed by atoms with E-state index in [0.717, 1.165) is 42.3 Å². The highest BCUT2D eigenvalue weighted by Gasteiger charge is 2.62. The van der Waals surface area contributed by atoms with Gasteiger partial charge < -0.3 is 10.1 Å². The first-order chi connectivity index (χ1) is 15.0. The third-order valence-corrected chi connectivity index (χ3v) is 8.14. The minimum absolute atomic E-state index is 0.0268. The number of carbonyl (C=O) groups excluding carboxylic acids is 2. The Bertz CT molecular complexity index is 1130. The van der Waals surface area contributed by atoms with Gasteiger partial charge in [0.1, 0.15) is 11.3 Å². The highest BCUT2D eigenvalue weighted by Crippen LogP contribution is 2.63. The van der Waals surface area contributed by atoms with Crippen LogP contribution >= 0.6 is 11.3 Å². The third-order valence-electron chi connectivity index (χ3n) is 7.19. The van der Waals surface area contributed by atoms with E-state index in [1.54, 1.807) is 24.4 Å². The zero-order valence-electron chi connectivity index (χ0n) is 17.0. The second-order valence-corrected chi connectivity index (χ2v) is 10.5. The van der Waals surface area contributed by atoms with Crippen LogP contribution in [0.1, 0.15) is 49.0 Å². The average molecular weight is 434 g/mol. The molecule has 158 valence electrons. The first-order valence-electron chi connectivity index (χ1n) is 10.8. The van der Waals surface area contributed by atoms with E-state index in [4.69, 9.17) is 4.74 Å². The van der Waals surface area contributed by atoms with E-state index < -0.39 is 11.0 Å². The van der Waals surface area contributed by atoms with E-state index in [1.165, 1.54) is 11.3 Å². The van der Waals surface area contributed by atoms with Gasteiger partial charge in [-0.25, -0.2) is 14.8 Å². The molecule has 0 spiro atoms. The lowest BCUT2D eigenvalue weighted by molar-refractivity contribution is -0.176. The minimum atomic E-state index is -0.566. The SMILES string of the molecule is O=C(OC12CC3CC(C1)CC(C(=O)Nc1nc4ccccc4s1)(C3)C2)c1ccccn1. The van der Waals surface area contributed by atoms with Crippen LogP contribution in [0.15, 0.2) is 48.7 Å². The fourth-order valence-corrected chi connectivity index (χ4v) is 7.31. The van der Waals surface area contributed by atoms with Gasteiger partial charge in [0, 0.05) is 12.6 Å². The number of esters is 1. The van der Waals surface area contributed by atoms with E-state index in [0.29, 0.717) is 29.1 Å². The molecular weight excluding hydrogens is 410 g/mol. The molecule has 4 fully saturated rings. The van der Waals surface area contributed by atoms with Gasteiger partial charge in [-0.3, -0.25) is 4.79 Å². The predicted octanol–water partition coefficient (Wildman–Crippen LogP) is 4.83. The van der Waals surface area contributed by atoms with Crippen molar-refractivity contribution in [2.75, 3.05) is 5.32 Å². The van der Waals surface area contributed by atoms with Crippen LogP contribution < -0.4 is 5.32 Å². The van der Waals surface area contributed by atoms with Crippen molar-refractivity contribution >= 4 is 38.6 Å². The summed E-state index contributed by atoms with van der Waals surface area (Å²) in [7, 11) is 0. The number of amides is 1. The molecule has 3 aromatic rings. The Labute approximate surface area is 184 Å². The topological polar surface area (TPSA) is 81.2 Å². The molecule has 4 aliphatic carbocycles. The Morgan fingerprint density at radius 3 is 2.55 bits per heavy atom. The van der Waals surface area contributed by atoms with Crippen LogP contribution in [-0.4, -0.2) is 27.4 Å². The zero-order valence-corrected chi connectivity index (χ0v) is 17.9. The molecule has 1 amide bonds. The Balaban J connectivity index is 1.26. The molecule has 2 atom stereocenters. The average Bonchev–Trinajstić information content (AvgIpc) is 3.15. The van der Waals surface area contributed by atoms with Gasteiger partial charge in [-0.05, 0) is 68.2 Å². The molecular formula is C24H23N3O3S. The van der Waals surface area contributed by atoms with E-state index >= 15 is 0 Å². The van der Waals surface area contributed by atoms with Gasteiger partial charge in [-0.15, -0.1) is 0 Å². The molecule has 2 aromatic heterocycles. The molecule has 4 saturated carbocycles. The van der Waals surface area contributed by atoms with Crippen molar-refractivity contribution in [3.63, 3.8) is 0 Å². The van der Waals surface area contributed by atoms with Crippen molar-refractivity contribution < 1.29 is 14.3 Å². The van der Waals surface area contributed by atoms with Crippen LogP contribution in [-0.2, 0) is 9.53 Å². The summed E-state index contributed by atoms with van der Waals surface area (Å²) in [6.07, 6.45) is 6.73. The number of pyridine rings is 1. The molecule has 2 unspecified atom stereocenters. The molecule has 4 aliphatic rings. The normalized spacial score (nSPS) is 31.0. The van der Waals surface area contributed by atoms with Gasteiger partial charge >= 0.3 is 5.97 Å². The molecule has 4 bridgehead atoms. The standard InChI is InChI=1S/C24H23N3O3S/c28-20(18-6-3-4-8-25-18)30-24-12-15-9-16(13-24)11-23(10-15,14-24)21(29)27-22-26-17-5-1-2-7-19(17)31-22/h1-8,15-16H,9-14H2,(H,26,27,29). The van der Waals surface area contributed by atoms with Gasteiger partial charge in [-0.2, -0.15) is 0 Å². The molecule has 7 heteroatoms. The highest BCUT2D eigenvalue weighted by atomic mass is 32.1. The van der Waals surface area contributed by atoms with Crippen molar-refractivity contribution in [2.24, 2.45) is 17.3 Å². The minimum Gasteiger partial charge on any atom is -0.454 e. The maximum atomic E-state index is 13.5. The molecule has 2 heterocycles. The molecule has 0 aliphatic heterocycles. The number of para-hydroxylation sites is 1. The van der Waals surface area contributed by atoms with Crippen molar-refractivity contribution in [2.45, 2.75) is 44.1 Å². The lowest BCUT2D eigenvalue weighted by Crippen LogP contribution is -2.60. The quantitative estimate of drug-likeness (QED) is 0.596. The first kappa shape index (κ1) is 18.9. The summed E-state index contributed by atoms with van der Waals surface area (Å²) < 4.78 is 7.17. The molecule has 1 N–H and O–H groups in total. The second kappa shape index (κ2) is 6.85. The first-order valence-corrected chi connectivity index (χ1v) is 11.7. The number of thiazole rings is 1. The van der Waals surface area contributed by atoms with Crippen molar-refractivity contribution in [3.8, 4) is 0 Å². The van der Waals surface area contributed by atoms with Crippen LogP contribution in [0.25, 0.3) is 10.2 Å². The number of hydrogen-bond donors (Lipinski definition) is 1. The number of carbonyl (C=O) groups is 2. The largest absolute Gasteiger partial charge is 0.454 e. The van der Waals surface area contributed by atoms with Crippen LogP contribution in [0.4, 0.5) is 5.13 Å². The lowest BCUT2D eigenvalue weighted by Gasteiger charge is -2.60. The summed E-state index contributed by atoms with van der Waals surface area (Å²) in [4.78, 5) is 35.1. The molecule has 0 radical (unpaired) electrons. The summed E-state index contributed by atoms with van der Waals surface area (Å²) in [6.45, 7) is 0.